The van der Waals surface area contributed by atoms with Crippen LogP contribution in [-0.4, -0.2) is 34.6 Å². The van der Waals surface area contributed by atoms with Gasteiger partial charge in [0.2, 0.25) is 9.84 Å². The first-order valence-corrected chi connectivity index (χ1v) is 12.4. The summed E-state index contributed by atoms with van der Waals surface area (Å²) in [6.45, 7) is 7.39. The van der Waals surface area contributed by atoms with Crippen molar-refractivity contribution in [3.05, 3.63) is 58.9 Å². The van der Waals surface area contributed by atoms with E-state index in [1.165, 1.54) is 18.2 Å². The van der Waals surface area contributed by atoms with Crippen LogP contribution in [0.2, 0.25) is 0 Å². The number of benzene rings is 2. The molecule has 1 aliphatic carbocycles. The van der Waals surface area contributed by atoms with E-state index in [0.717, 1.165) is 56.7 Å². The summed E-state index contributed by atoms with van der Waals surface area (Å²) in [4.78, 5) is 2.54. The highest BCUT2D eigenvalue weighted by atomic mass is 35.5. The van der Waals surface area contributed by atoms with Crippen LogP contribution in [0, 0.1) is 18.7 Å². The molecule has 1 atom stereocenters. The molecule has 1 heterocycles. The van der Waals surface area contributed by atoms with Crippen molar-refractivity contribution in [1.29, 1.82) is 0 Å². The Kier molecular flexibility index (Phi) is 5.86. The van der Waals surface area contributed by atoms with Crippen LogP contribution < -0.4 is 10.2 Å². The van der Waals surface area contributed by atoms with Crippen molar-refractivity contribution in [3.8, 4) is 0 Å². The predicted octanol–water partition coefficient (Wildman–Crippen LogP) is 4.38. The number of hydrogen-bond acceptors (Lipinski definition) is 4. The van der Waals surface area contributed by atoms with Crippen LogP contribution in [0.4, 0.5) is 10.1 Å². The number of hydrogen-bond donors (Lipinski definition) is 1. The van der Waals surface area contributed by atoms with Crippen molar-refractivity contribution in [3.63, 3.8) is 0 Å². The maximum absolute atomic E-state index is 13.9. The van der Waals surface area contributed by atoms with Gasteiger partial charge in [-0.3, -0.25) is 0 Å². The highest BCUT2D eigenvalue weighted by molar-refractivity contribution is 7.93. The number of piperazine rings is 1. The number of aryl methyl sites for hydroxylation is 2. The van der Waals surface area contributed by atoms with Crippen LogP contribution >= 0.6 is 11.6 Å². The smallest absolute Gasteiger partial charge is 0.202 e. The molecule has 1 saturated heterocycles. The van der Waals surface area contributed by atoms with Gasteiger partial charge in [0.1, 0.15) is 5.82 Å². The van der Waals surface area contributed by atoms with Crippen LogP contribution in [0.25, 0.3) is 0 Å². The number of rotatable bonds is 6. The standard InChI is InChI=1S/C23H28ClFN2O2S/c1-3-17-15-20(7-9-22(17)27-12-10-26-11-13-27)30(28,29)23(24,18-4-5-18)21-8-6-19(25)14-16(21)2/h6-9,14-15,18,26H,3-5,10-13H2,1-2H3. The van der Waals surface area contributed by atoms with E-state index in [9.17, 15) is 12.8 Å². The lowest BCUT2D eigenvalue weighted by atomic mass is 10.0. The Morgan fingerprint density at radius 3 is 2.47 bits per heavy atom. The number of sulfone groups is 1. The zero-order valence-electron chi connectivity index (χ0n) is 17.4. The molecular weight excluding hydrogens is 423 g/mol. The Morgan fingerprint density at radius 1 is 1.17 bits per heavy atom. The molecule has 1 aliphatic heterocycles. The minimum absolute atomic E-state index is 0.175. The van der Waals surface area contributed by atoms with E-state index in [2.05, 4.69) is 10.2 Å². The summed E-state index contributed by atoms with van der Waals surface area (Å²) in [6.07, 6.45) is 2.23. The number of alkyl halides is 1. The monoisotopic (exact) mass is 450 g/mol. The third-order valence-electron chi connectivity index (χ3n) is 6.25. The topological polar surface area (TPSA) is 49.4 Å². The number of halogens is 2. The fourth-order valence-corrected chi connectivity index (χ4v) is 7.22. The van der Waals surface area contributed by atoms with Gasteiger partial charge in [0.25, 0.3) is 0 Å². The average Bonchev–Trinajstić information content (AvgIpc) is 3.59. The molecule has 0 spiro atoms. The van der Waals surface area contributed by atoms with Crippen LogP contribution in [0.15, 0.2) is 41.3 Å². The Morgan fingerprint density at radius 2 is 1.87 bits per heavy atom. The van der Waals surface area contributed by atoms with Crippen LogP contribution in [0.3, 0.4) is 0 Å². The van der Waals surface area contributed by atoms with Crippen molar-refractivity contribution in [2.45, 2.75) is 42.2 Å². The summed E-state index contributed by atoms with van der Waals surface area (Å²) >= 11 is 7.00. The minimum Gasteiger partial charge on any atom is -0.369 e. The van der Waals surface area contributed by atoms with E-state index < -0.39 is 19.9 Å². The lowest BCUT2D eigenvalue weighted by Gasteiger charge is -2.32. The summed E-state index contributed by atoms with van der Waals surface area (Å²) in [7, 11) is -3.89. The van der Waals surface area contributed by atoms with Crippen LogP contribution in [0.1, 0.15) is 36.5 Å². The number of anilines is 1. The summed E-state index contributed by atoms with van der Waals surface area (Å²) in [5.41, 5.74) is 3.14. The molecule has 7 heteroatoms. The first kappa shape index (κ1) is 21.6. The largest absolute Gasteiger partial charge is 0.369 e. The quantitative estimate of drug-likeness (QED) is 0.663. The predicted molar refractivity (Wildman–Crippen MR) is 119 cm³/mol. The lowest BCUT2D eigenvalue weighted by Crippen LogP contribution is -2.44. The molecule has 0 bridgehead atoms. The molecule has 1 saturated carbocycles. The fourth-order valence-electron chi connectivity index (χ4n) is 4.45. The molecule has 2 aromatic carbocycles. The fraction of sp³-hybridized carbons (Fsp3) is 0.478. The second kappa shape index (κ2) is 8.13. The first-order valence-electron chi connectivity index (χ1n) is 10.6. The molecule has 4 nitrogen and oxygen atoms in total. The van der Waals surface area contributed by atoms with Gasteiger partial charge >= 0.3 is 0 Å². The van der Waals surface area contributed by atoms with Gasteiger partial charge in [-0.2, -0.15) is 0 Å². The Labute approximate surface area is 183 Å². The molecular formula is C23H28ClFN2O2S. The maximum Gasteiger partial charge on any atom is 0.202 e. The molecule has 1 unspecified atom stereocenters. The highest BCUT2D eigenvalue weighted by Gasteiger charge is 2.56. The maximum atomic E-state index is 13.9. The Hall–Kier alpha value is -1.63. The van der Waals surface area contributed by atoms with E-state index in [0.29, 0.717) is 11.1 Å². The molecule has 162 valence electrons. The first-order chi connectivity index (χ1) is 14.3. The zero-order valence-corrected chi connectivity index (χ0v) is 19.0. The van der Waals surface area contributed by atoms with Crippen molar-refractivity contribution in [1.82, 2.24) is 5.32 Å². The van der Waals surface area contributed by atoms with E-state index in [1.54, 1.807) is 19.1 Å². The molecule has 2 aromatic rings. The van der Waals surface area contributed by atoms with Gasteiger partial charge in [0, 0.05) is 31.9 Å². The van der Waals surface area contributed by atoms with Crippen LogP contribution in [0.5, 0.6) is 0 Å². The molecule has 30 heavy (non-hydrogen) atoms. The Bertz CT molecular complexity index is 1050. The van der Waals surface area contributed by atoms with E-state index in [1.807, 2.05) is 13.0 Å². The number of nitrogens with zero attached hydrogens (tertiary/aromatic N) is 1. The molecule has 0 amide bonds. The number of nitrogens with one attached hydrogen (secondary N) is 1. The molecule has 1 N–H and O–H groups in total. The second-order valence-electron chi connectivity index (χ2n) is 8.26. The van der Waals surface area contributed by atoms with Gasteiger partial charge in [-0.15, -0.1) is 0 Å². The van der Waals surface area contributed by atoms with E-state index >= 15 is 0 Å². The van der Waals surface area contributed by atoms with Crippen molar-refractivity contribution >= 4 is 27.1 Å². The van der Waals surface area contributed by atoms with Crippen molar-refractivity contribution < 1.29 is 12.8 Å². The summed E-state index contributed by atoms with van der Waals surface area (Å²) < 4.78 is 39.9. The van der Waals surface area contributed by atoms with Gasteiger partial charge < -0.3 is 10.2 Å². The van der Waals surface area contributed by atoms with Crippen molar-refractivity contribution in [2.75, 3.05) is 31.1 Å². The van der Waals surface area contributed by atoms with E-state index in [-0.39, 0.29) is 10.8 Å². The SMILES string of the molecule is CCc1cc(S(=O)(=O)C(Cl)(c2ccc(F)cc2C)C2CC2)ccc1N1CCNCC1. The normalized spacial score (nSPS) is 19.5. The summed E-state index contributed by atoms with van der Waals surface area (Å²) in [5, 5.41) is 3.34. The molecule has 4 rings (SSSR count). The van der Waals surface area contributed by atoms with Gasteiger partial charge in [0.15, 0.2) is 4.21 Å². The van der Waals surface area contributed by atoms with Gasteiger partial charge in [0.05, 0.1) is 4.90 Å². The van der Waals surface area contributed by atoms with Gasteiger partial charge in [-0.1, -0.05) is 24.6 Å². The zero-order chi connectivity index (χ0) is 21.5. The molecule has 0 radical (unpaired) electrons. The van der Waals surface area contributed by atoms with Crippen molar-refractivity contribution in [2.24, 2.45) is 5.92 Å². The van der Waals surface area contributed by atoms with E-state index in [4.69, 9.17) is 11.6 Å². The average molecular weight is 451 g/mol. The summed E-state index contributed by atoms with van der Waals surface area (Å²) in [6, 6.07) is 9.56. The molecule has 0 aromatic heterocycles. The van der Waals surface area contributed by atoms with Crippen LogP contribution in [-0.2, 0) is 20.5 Å². The van der Waals surface area contributed by atoms with Gasteiger partial charge in [-0.25, -0.2) is 12.8 Å². The minimum atomic E-state index is -3.89. The summed E-state index contributed by atoms with van der Waals surface area (Å²) in [5.74, 6) is -0.566. The second-order valence-corrected chi connectivity index (χ2v) is 11.2. The third-order valence-corrected chi connectivity index (χ3v) is 9.58. The Balaban J connectivity index is 1.79. The van der Waals surface area contributed by atoms with Gasteiger partial charge in [-0.05, 0) is 79.1 Å². The molecule has 2 fully saturated rings. The molecule has 2 aliphatic rings. The highest BCUT2D eigenvalue weighted by Crippen LogP contribution is 2.56. The third kappa shape index (κ3) is 3.63. The lowest BCUT2D eigenvalue weighted by molar-refractivity contribution is 0.553.